The molecule has 15 heteroatoms. The number of hydrogen-bond donors (Lipinski definition) is 0. The number of anilines is 2. The highest BCUT2D eigenvalue weighted by molar-refractivity contribution is 5.54. The van der Waals surface area contributed by atoms with Gasteiger partial charge in [0.05, 0.1) is 12.3 Å². The first-order valence-corrected chi connectivity index (χ1v) is 15.5. The molecule has 2 atom stereocenters. The molecule has 5 aromatic rings. The van der Waals surface area contributed by atoms with E-state index in [9.17, 15) is 13.6 Å². The minimum absolute atomic E-state index is 0.0302. The first-order valence-electron chi connectivity index (χ1n) is 15.5. The van der Waals surface area contributed by atoms with Crippen molar-refractivity contribution in [3.05, 3.63) is 113 Å². The number of piperazine rings is 1. The topological polar surface area (TPSA) is 114 Å². The van der Waals surface area contributed by atoms with Crippen LogP contribution in [0.25, 0.3) is 5.69 Å². The highest BCUT2D eigenvalue weighted by Crippen LogP contribution is 2.38. The molecule has 2 aliphatic rings. The van der Waals surface area contributed by atoms with Gasteiger partial charge in [0.1, 0.15) is 62.4 Å². The maximum absolute atomic E-state index is 14.9. The zero-order chi connectivity index (χ0) is 33.1. The Morgan fingerprint density at radius 3 is 2.23 bits per heavy atom. The quantitative estimate of drug-likeness (QED) is 0.209. The van der Waals surface area contributed by atoms with E-state index in [2.05, 4.69) is 25.0 Å². The van der Waals surface area contributed by atoms with Crippen LogP contribution in [-0.4, -0.2) is 81.7 Å². The van der Waals surface area contributed by atoms with E-state index in [4.69, 9.17) is 18.9 Å². The molecule has 0 spiro atoms. The molecule has 0 radical (unpaired) electrons. The molecule has 0 aliphatic carbocycles. The fraction of sp³-hybridized carbons (Fsp3) is 0.333. The fourth-order valence-electron chi connectivity index (χ4n) is 6.00. The predicted molar refractivity (Wildman–Crippen MR) is 170 cm³/mol. The Labute approximate surface area is 274 Å². The van der Waals surface area contributed by atoms with Crippen molar-refractivity contribution in [1.82, 2.24) is 29.1 Å². The van der Waals surface area contributed by atoms with Crippen molar-refractivity contribution in [1.29, 1.82) is 0 Å². The second-order valence-electron chi connectivity index (χ2n) is 11.5. The molecule has 13 nitrogen and oxygen atoms in total. The van der Waals surface area contributed by atoms with E-state index in [0.717, 1.165) is 49.3 Å². The summed E-state index contributed by atoms with van der Waals surface area (Å²) < 4.78 is 56.0. The minimum Gasteiger partial charge on any atom is -0.491 e. The van der Waals surface area contributed by atoms with Crippen LogP contribution in [0.4, 0.5) is 20.2 Å². The maximum atomic E-state index is 14.9. The van der Waals surface area contributed by atoms with E-state index in [0.29, 0.717) is 5.75 Å². The molecule has 0 amide bonds. The molecule has 48 heavy (non-hydrogen) atoms. The second-order valence-corrected chi connectivity index (χ2v) is 11.5. The zero-order valence-corrected chi connectivity index (χ0v) is 26.2. The summed E-state index contributed by atoms with van der Waals surface area (Å²) in [4.78, 5) is 21.1. The summed E-state index contributed by atoms with van der Waals surface area (Å²) in [5, 5.41) is 8.18. The minimum atomic E-state index is -1.51. The molecule has 3 aromatic carbocycles. The number of halogens is 2. The van der Waals surface area contributed by atoms with E-state index in [1.807, 2.05) is 48.5 Å². The van der Waals surface area contributed by atoms with Crippen LogP contribution in [0.5, 0.6) is 5.75 Å². The highest BCUT2D eigenvalue weighted by Gasteiger charge is 2.46. The molecule has 2 saturated heterocycles. The van der Waals surface area contributed by atoms with Crippen molar-refractivity contribution in [2.75, 3.05) is 56.3 Å². The average Bonchev–Trinajstić information content (AvgIpc) is 3.86. The van der Waals surface area contributed by atoms with E-state index in [-0.39, 0.29) is 37.7 Å². The van der Waals surface area contributed by atoms with Gasteiger partial charge in [0.15, 0.2) is 0 Å². The standard InChI is InChI=1S/C33H34F2N8O5/c1-45-23-43-32(44)42(22-38-43)27-5-3-25(4-6-27)39-12-14-40(15-13-39)26-7-9-28(10-8-26)46-17-29-18-47-33(48-29,19-41-21-36-20-37-41)30-11-2-24(34)16-31(30)35/h2-11,16,20-22,29H,12-15,17-19,23H2,1H3. The van der Waals surface area contributed by atoms with Crippen LogP contribution in [0.15, 0.2) is 90.5 Å². The number of benzene rings is 3. The van der Waals surface area contributed by atoms with Crippen LogP contribution in [0.3, 0.4) is 0 Å². The summed E-state index contributed by atoms with van der Waals surface area (Å²) in [6.07, 6.45) is 3.83. The summed E-state index contributed by atoms with van der Waals surface area (Å²) in [6, 6.07) is 19.0. The second kappa shape index (κ2) is 13.5. The van der Waals surface area contributed by atoms with Gasteiger partial charge in [-0.25, -0.2) is 27.8 Å². The van der Waals surface area contributed by atoms with Crippen molar-refractivity contribution in [3.63, 3.8) is 0 Å². The van der Waals surface area contributed by atoms with Gasteiger partial charge >= 0.3 is 5.69 Å². The number of methoxy groups -OCH3 is 1. The molecule has 2 aliphatic heterocycles. The van der Waals surface area contributed by atoms with Crippen molar-refractivity contribution in [2.45, 2.75) is 25.2 Å². The summed E-state index contributed by atoms with van der Waals surface area (Å²) >= 11 is 0. The molecule has 0 saturated carbocycles. The number of nitrogens with zero attached hydrogens (tertiary/aromatic N) is 8. The Morgan fingerprint density at radius 2 is 1.58 bits per heavy atom. The molecule has 250 valence electrons. The monoisotopic (exact) mass is 660 g/mol. The molecule has 0 N–H and O–H groups in total. The number of hydrogen-bond acceptors (Lipinski definition) is 10. The molecule has 2 unspecified atom stereocenters. The lowest BCUT2D eigenvalue weighted by Crippen LogP contribution is -2.46. The average molecular weight is 661 g/mol. The SMILES string of the molecule is COCn1ncn(-c2ccc(N3CCN(c4ccc(OCC5COC(Cn6cncn6)(c6ccc(F)cc6F)O5)cc4)CC3)cc2)c1=O. The van der Waals surface area contributed by atoms with E-state index in [1.165, 1.54) is 52.2 Å². The van der Waals surface area contributed by atoms with Gasteiger partial charge in [-0.3, -0.25) is 0 Å². The Balaban J connectivity index is 0.925. The summed E-state index contributed by atoms with van der Waals surface area (Å²) in [7, 11) is 1.52. The van der Waals surface area contributed by atoms with Gasteiger partial charge in [-0.1, -0.05) is 0 Å². The zero-order valence-electron chi connectivity index (χ0n) is 26.2. The van der Waals surface area contributed by atoms with Crippen molar-refractivity contribution in [2.24, 2.45) is 0 Å². The lowest BCUT2D eigenvalue weighted by atomic mass is 10.0. The van der Waals surface area contributed by atoms with Crippen LogP contribution in [0, 0.1) is 11.6 Å². The summed E-state index contributed by atoms with van der Waals surface area (Å²) in [5.74, 6) is -2.31. The van der Waals surface area contributed by atoms with Crippen molar-refractivity contribution in [3.8, 4) is 11.4 Å². The molecular weight excluding hydrogens is 626 g/mol. The third kappa shape index (κ3) is 6.52. The van der Waals surface area contributed by atoms with Gasteiger partial charge in [0, 0.05) is 56.3 Å². The molecular formula is C33H34F2N8O5. The fourth-order valence-corrected chi connectivity index (χ4v) is 6.00. The number of aromatic nitrogens is 6. The Hall–Kier alpha value is -5.12. The van der Waals surface area contributed by atoms with E-state index < -0.39 is 23.5 Å². The highest BCUT2D eigenvalue weighted by atomic mass is 19.1. The Kier molecular flexibility index (Phi) is 8.88. The molecule has 4 heterocycles. The summed E-state index contributed by atoms with van der Waals surface area (Å²) in [6.45, 7) is 3.81. The largest absolute Gasteiger partial charge is 0.491 e. The van der Waals surface area contributed by atoms with Gasteiger partial charge in [-0.05, 0) is 60.7 Å². The van der Waals surface area contributed by atoms with Crippen molar-refractivity contribution < 1.29 is 27.7 Å². The molecule has 2 aromatic heterocycles. The van der Waals surface area contributed by atoms with Crippen molar-refractivity contribution >= 4 is 11.4 Å². The normalized spacial score (nSPS) is 19.6. The molecule has 7 rings (SSSR count). The summed E-state index contributed by atoms with van der Waals surface area (Å²) in [5.41, 5.74) is 2.74. The van der Waals surface area contributed by atoms with Gasteiger partial charge in [-0.2, -0.15) is 14.9 Å². The third-order valence-electron chi connectivity index (χ3n) is 8.43. The molecule has 0 bridgehead atoms. The third-order valence-corrected chi connectivity index (χ3v) is 8.43. The lowest BCUT2D eigenvalue weighted by Gasteiger charge is -2.37. The van der Waals surface area contributed by atoms with E-state index in [1.54, 1.807) is 0 Å². The van der Waals surface area contributed by atoms with Gasteiger partial charge in [0.2, 0.25) is 5.79 Å². The lowest BCUT2D eigenvalue weighted by molar-refractivity contribution is -0.192. The molecule has 2 fully saturated rings. The van der Waals surface area contributed by atoms with Crippen LogP contribution < -0.4 is 20.2 Å². The number of ether oxygens (including phenoxy) is 4. The van der Waals surface area contributed by atoms with Gasteiger partial charge in [0.25, 0.3) is 0 Å². The van der Waals surface area contributed by atoms with Crippen LogP contribution in [-0.2, 0) is 33.3 Å². The Morgan fingerprint density at radius 1 is 0.896 bits per heavy atom. The Bertz CT molecular complexity index is 1880. The van der Waals surface area contributed by atoms with E-state index >= 15 is 0 Å². The van der Waals surface area contributed by atoms with Crippen LogP contribution in [0.2, 0.25) is 0 Å². The number of rotatable bonds is 11. The maximum Gasteiger partial charge on any atom is 0.352 e. The van der Waals surface area contributed by atoms with Gasteiger partial charge in [-0.15, -0.1) is 0 Å². The van der Waals surface area contributed by atoms with Crippen LogP contribution in [0.1, 0.15) is 5.56 Å². The van der Waals surface area contributed by atoms with Crippen LogP contribution >= 0.6 is 0 Å². The first kappa shape index (κ1) is 31.5. The smallest absolute Gasteiger partial charge is 0.352 e. The first-order chi connectivity index (χ1) is 23.4. The predicted octanol–water partition coefficient (Wildman–Crippen LogP) is 3.18. The van der Waals surface area contributed by atoms with Gasteiger partial charge < -0.3 is 28.7 Å².